The van der Waals surface area contributed by atoms with Gasteiger partial charge in [-0.3, -0.25) is 0 Å². The Bertz CT molecular complexity index is 4270. The Morgan fingerprint density at radius 1 is 0.316 bits per heavy atom. The Kier molecular flexibility index (Phi) is 11.1. The first-order valence-corrected chi connectivity index (χ1v) is 28.4. The maximum atomic E-state index is 2.64. The van der Waals surface area contributed by atoms with Gasteiger partial charge in [0, 0.05) is 52.8 Å². The van der Waals surface area contributed by atoms with Crippen molar-refractivity contribution in [3.8, 4) is 22.3 Å². The van der Waals surface area contributed by atoms with Crippen molar-refractivity contribution >= 4 is 129 Å². The van der Waals surface area contributed by atoms with Crippen LogP contribution in [0, 0.1) is 13.8 Å². The Morgan fingerprint density at radius 2 is 0.671 bits per heavy atom. The molecule has 0 fully saturated rings. The van der Waals surface area contributed by atoms with Crippen LogP contribution in [-0.2, 0) is 0 Å². The first kappa shape index (κ1) is 46.3. The molecule has 0 saturated heterocycles. The number of rotatable bonds is 10. The summed E-state index contributed by atoms with van der Waals surface area (Å²) in [5.74, 6) is 0.476. The highest BCUT2D eigenvalue weighted by molar-refractivity contribution is 7.26. The largest absolute Gasteiger partial charge is 0.308 e. The van der Waals surface area contributed by atoms with Crippen LogP contribution in [0.5, 0.6) is 0 Å². The lowest BCUT2D eigenvalue weighted by atomic mass is 9.83. The number of nitrogens with zero attached hydrogens (tertiary/aromatic N) is 2. The van der Waals surface area contributed by atoms with Crippen LogP contribution >= 0.6 is 22.7 Å². The fraction of sp³-hybridized carbons (Fsp3) is 0.111. The van der Waals surface area contributed by atoms with Gasteiger partial charge in [-0.2, -0.15) is 0 Å². The van der Waals surface area contributed by atoms with E-state index in [1.54, 1.807) is 0 Å². The molecule has 0 radical (unpaired) electrons. The second kappa shape index (κ2) is 18.2. The highest BCUT2D eigenvalue weighted by Gasteiger charge is 2.30. The van der Waals surface area contributed by atoms with Crippen LogP contribution in [-0.4, -0.2) is 0 Å². The van der Waals surface area contributed by atoms with Gasteiger partial charge >= 0.3 is 0 Å². The average Bonchev–Trinajstić information content (AvgIpc) is 4.06. The number of benzene rings is 12. The number of hydrogen-bond acceptors (Lipinski definition) is 4. The molecule has 0 aliphatic rings. The third-order valence-electron chi connectivity index (χ3n) is 16.0. The van der Waals surface area contributed by atoms with E-state index in [1.165, 1.54) is 140 Å². The maximum absolute atomic E-state index is 2.64. The first-order chi connectivity index (χ1) is 37.2. The molecular weight excluding hydrogens is 957 g/mol. The molecule has 4 heteroatoms. The fourth-order valence-corrected chi connectivity index (χ4v) is 15.0. The lowest BCUT2D eigenvalue weighted by Crippen LogP contribution is -2.15. The molecule has 0 saturated carbocycles. The van der Waals surface area contributed by atoms with Crippen molar-refractivity contribution in [3.63, 3.8) is 0 Å². The molecule has 0 aliphatic heterocycles. The Hall–Kier alpha value is -8.28. The smallest absolute Gasteiger partial charge is 0.0670 e. The van der Waals surface area contributed by atoms with E-state index >= 15 is 0 Å². The maximum Gasteiger partial charge on any atom is 0.0670 e. The average molecular weight is 1010 g/mol. The summed E-state index contributed by atoms with van der Waals surface area (Å²) in [6.45, 7) is 14.1. The van der Waals surface area contributed by atoms with Crippen molar-refractivity contribution in [3.05, 3.63) is 241 Å². The molecule has 14 aromatic rings. The van der Waals surface area contributed by atoms with Gasteiger partial charge in [-0.15, -0.1) is 22.7 Å². The zero-order valence-corrected chi connectivity index (χ0v) is 45.3. The molecule has 2 nitrogen and oxygen atoms in total. The molecule has 0 unspecified atom stereocenters. The SMILES string of the molecule is Cc1ccc2c(sc3ccccc32)c1N(c1ccccc1-c1ccccc1)c1cc(C(C)C)c2ccc3c(N(c4ccccc4-c4ccccc4)c4c(C)ccc5c4sc4ccccc45)cc(C(C)C)c4ccc1c2c43. The molecule has 0 atom stereocenters. The minimum Gasteiger partial charge on any atom is -0.308 e. The van der Waals surface area contributed by atoms with Gasteiger partial charge in [-0.1, -0.05) is 210 Å². The Labute approximate surface area is 452 Å². The van der Waals surface area contributed by atoms with E-state index in [0.29, 0.717) is 0 Å². The predicted octanol–water partition coefficient (Wildman–Crippen LogP) is 22.5. The molecule has 366 valence electrons. The zero-order valence-electron chi connectivity index (χ0n) is 43.7. The van der Waals surface area contributed by atoms with Crippen molar-refractivity contribution < 1.29 is 0 Å². The first-order valence-electron chi connectivity index (χ1n) is 26.7. The normalized spacial score (nSPS) is 12.1. The van der Waals surface area contributed by atoms with E-state index in [1.807, 2.05) is 22.7 Å². The summed E-state index contributed by atoms with van der Waals surface area (Å²) in [6.07, 6.45) is 0. The number of thiophene rings is 2. The molecule has 0 spiro atoms. The van der Waals surface area contributed by atoms with Gasteiger partial charge in [0.1, 0.15) is 0 Å². The van der Waals surface area contributed by atoms with E-state index in [-0.39, 0.29) is 11.8 Å². The van der Waals surface area contributed by atoms with E-state index in [2.05, 4.69) is 270 Å². The topological polar surface area (TPSA) is 6.48 Å². The van der Waals surface area contributed by atoms with Crippen molar-refractivity contribution in [2.45, 2.75) is 53.4 Å². The van der Waals surface area contributed by atoms with Gasteiger partial charge in [0.2, 0.25) is 0 Å². The molecule has 0 bridgehead atoms. The second-order valence-corrected chi connectivity index (χ2v) is 23.3. The minimum atomic E-state index is 0.238. The summed E-state index contributed by atoms with van der Waals surface area (Å²) in [4.78, 5) is 5.29. The number of hydrogen-bond donors (Lipinski definition) is 0. The van der Waals surface area contributed by atoms with E-state index in [4.69, 9.17) is 0 Å². The molecular formula is C72H56N2S2. The van der Waals surface area contributed by atoms with Crippen molar-refractivity contribution in [2.75, 3.05) is 9.80 Å². The van der Waals surface area contributed by atoms with Crippen LogP contribution in [0.3, 0.4) is 0 Å². The number of anilines is 6. The summed E-state index contributed by atoms with van der Waals surface area (Å²) in [5, 5.41) is 12.9. The van der Waals surface area contributed by atoms with Crippen LogP contribution in [0.2, 0.25) is 0 Å². The van der Waals surface area contributed by atoms with Gasteiger partial charge < -0.3 is 9.80 Å². The standard InChI is InChI=1S/C72H56N2S2/c1-43(2)59-41-63(73(61-29-17-13-25-49(61)47-21-9-7-10-22-47)69-45(5)33-35-55-51-27-15-19-31-65(51)75-71(55)69)57-40-38-54-60(44(3)4)42-64(58-39-37-53(59)67(57)68(54)58)74(62-30-18-14-26-50(62)48-23-11-8-12-24-48)70-46(6)34-36-56-52-28-16-20-32-66(52)76-72(56)70/h7-44H,1-6H3. The van der Waals surface area contributed by atoms with Crippen molar-refractivity contribution in [2.24, 2.45) is 0 Å². The van der Waals surface area contributed by atoms with Gasteiger partial charge in [-0.25, -0.2) is 0 Å². The summed E-state index contributed by atoms with van der Waals surface area (Å²) in [7, 11) is 0. The summed E-state index contributed by atoms with van der Waals surface area (Å²) in [5.41, 5.74) is 17.1. The monoisotopic (exact) mass is 1010 g/mol. The van der Waals surface area contributed by atoms with Crippen LogP contribution in [0.1, 0.15) is 61.8 Å². The van der Waals surface area contributed by atoms with Gasteiger partial charge in [-0.05, 0) is 117 Å². The number of fused-ring (bicyclic) bond motifs is 6. The molecule has 14 rings (SSSR count). The third-order valence-corrected chi connectivity index (χ3v) is 18.4. The molecule has 76 heavy (non-hydrogen) atoms. The number of para-hydroxylation sites is 2. The number of aryl methyl sites for hydroxylation is 2. The van der Waals surface area contributed by atoms with Gasteiger partial charge in [0.05, 0.1) is 43.5 Å². The minimum absolute atomic E-state index is 0.238. The van der Waals surface area contributed by atoms with Crippen LogP contribution < -0.4 is 9.80 Å². The summed E-state index contributed by atoms with van der Waals surface area (Å²) in [6, 6.07) is 82.1. The lowest BCUT2D eigenvalue weighted by Gasteiger charge is -2.34. The van der Waals surface area contributed by atoms with E-state index in [9.17, 15) is 0 Å². The van der Waals surface area contributed by atoms with Crippen LogP contribution in [0.15, 0.2) is 218 Å². The molecule has 0 N–H and O–H groups in total. The predicted molar refractivity (Wildman–Crippen MR) is 334 cm³/mol. The van der Waals surface area contributed by atoms with Crippen LogP contribution in [0.4, 0.5) is 34.1 Å². The molecule has 12 aromatic carbocycles. The fourth-order valence-electron chi connectivity index (χ4n) is 12.4. The van der Waals surface area contributed by atoms with Crippen LogP contribution in [0.25, 0.3) is 94.9 Å². The molecule has 2 heterocycles. The highest BCUT2D eigenvalue weighted by Crippen LogP contribution is 2.56. The zero-order chi connectivity index (χ0) is 51.3. The summed E-state index contributed by atoms with van der Waals surface area (Å²) >= 11 is 3.82. The Morgan fingerprint density at radius 3 is 1.09 bits per heavy atom. The van der Waals surface area contributed by atoms with E-state index in [0.717, 1.165) is 11.4 Å². The Balaban J connectivity index is 1.14. The summed E-state index contributed by atoms with van der Waals surface area (Å²) < 4.78 is 5.19. The third kappa shape index (κ3) is 7.19. The van der Waals surface area contributed by atoms with Gasteiger partial charge in [0.15, 0.2) is 0 Å². The highest BCUT2D eigenvalue weighted by atomic mass is 32.1. The molecule has 0 aliphatic carbocycles. The quantitative estimate of drug-likeness (QED) is 0.126. The van der Waals surface area contributed by atoms with Crippen molar-refractivity contribution in [1.29, 1.82) is 0 Å². The molecule has 0 amide bonds. The second-order valence-electron chi connectivity index (χ2n) is 21.2. The van der Waals surface area contributed by atoms with E-state index < -0.39 is 0 Å². The lowest BCUT2D eigenvalue weighted by molar-refractivity contribution is 0.875. The van der Waals surface area contributed by atoms with Gasteiger partial charge in [0.25, 0.3) is 0 Å². The van der Waals surface area contributed by atoms with Crippen molar-refractivity contribution in [1.82, 2.24) is 0 Å². The molecule has 2 aromatic heterocycles.